The predicted octanol–water partition coefficient (Wildman–Crippen LogP) is 1.67. The highest BCUT2D eigenvalue weighted by atomic mass is 19.4. The fourth-order valence-corrected chi connectivity index (χ4v) is 3.87. The predicted molar refractivity (Wildman–Crippen MR) is 104 cm³/mol. The van der Waals surface area contributed by atoms with E-state index >= 15 is 0 Å². The van der Waals surface area contributed by atoms with Gasteiger partial charge in [0, 0.05) is 32.2 Å². The summed E-state index contributed by atoms with van der Waals surface area (Å²) >= 11 is 0. The molecule has 2 aliphatic heterocycles. The molecule has 2 fully saturated rings. The standard InChI is InChI=1S/C19H23F4N5O3/c20-13-3-4-27(10-14(13)24)18-25-15-9-12(31-19(21,22)23)1-2-16(15)28(18)11-17(29)26-5-7-30-8-6-26/h1-2,9,13-14H,3-8,10-11,24H2/t13-,14-/m1/s1. The number of nitrogens with zero attached hydrogens (tertiary/aromatic N) is 4. The summed E-state index contributed by atoms with van der Waals surface area (Å²) in [6.07, 6.45) is -5.78. The van der Waals surface area contributed by atoms with Gasteiger partial charge in [0.15, 0.2) is 0 Å². The first-order valence-electron chi connectivity index (χ1n) is 9.97. The van der Waals surface area contributed by atoms with Crippen LogP contribution in [0.25, 0.3) is 11.0 Å². The van der Waals surface area contributed by atoms with Crippen molar-refractivity contribution in [2.45, 2.75) is 31.5 Å². The number of fused-ring (bicyclic) bond motifs is 1. The molecule has 170 valence electrons. The topological polar surface area (TPSA) is 85.8 Å². The van der Waals surface area contributed by atoms with E-state index in [2.05, 4.69) is 9.72 Å². The number of carbonyl (C=O) groups excluding carboxylic acids is 1. The van der Waals surface area contributed by atoms with Gasteiger partial charge < -0.3 is 29.6 Å². The van der Waals surface area contributed by atoms with Crippen LogP contribution in [0.15, 0.2) is 18.2 Å². The highest BCUT2D eigenvalue weighted by molar-refractivity contribution is 5.84. The molecule has 31 heavy (non-hydrogen) atoms. The molecule has 2 aliphatic rings. The van der Waals surface area contributed by atoms with Crippen molar-refractivity contribution >= 4 is 22.9 Å². The van der Waals surface area contributed by atoms with Gasteiger partial charge in [-0.3, -0.25) is 4.79 Å². The first-order chi connectivity index (χ1) is 14.7. The highest BCUT2D eigenvalue weighted by Crippen LogP contribution is 2.30. The van der Waals surface area contributed by atoms with E-state index in [1.165, 1.54) is 18.2 Å². The smallest absolute Gasteiger partial charge is 0.406 e. The number of rotatable bonds is 4. The van der Waals surface area contributed by atoms with Crippen LogP contribution in [-0.2, 0) is 16.1 Å². The Morgan fingerprint density at radius 2 is 2.00 bits per heavy atom. The van der Waals surface area contributed by atoms with Gasteiger partial charge in [-0.2, -0.15) is 0 Å². The first-order valence-corrected chi connectivity index (χ1v) is 9.97. The molecular formula is C19H23F4N5O3. The van der Waals surface area contributed by atoms with Gasteiger partial charge in [0.2, 0.25) is 11.9 Å². The van der Waals surface area contributed by atoms with Gasteiger partial charge in [-0.15, -0.1) is 13.2 Å². The number of carbonyl (C=O) groups is 1. The number of morpholine rings is 1. The zero-order chi connectivity index (χ0) is 22.2. The number of benzene rings is 1. The lowest BCUT2D eigenvalue weighted by molar-refractivity contribution is -0.274. The van der Waals surface area contributed by atoms with E-state index in [0.717, 1.165) is 0 Å². The van der Waals surface area contributed by atoms with Crippen LogP contribution in [-0.4, -0.2) is 78.3 Å². The van der Waals surface area contributed by atoms with Crippen molar-refractivity contribution in [1.82, 2.24) is 14.5 Å². The molecule has 0 unspecified atom stereocenters. The molecule has 1 aromatic carbocycles. The third-order valence-corrected chi connectivity index (χ3v) is 5.44. The minimum Gasteiger partial charge on any atom is -0.406 e. The molecule has 0 bridgehead atoms. The lowest BCUT2D eigenvalue weighted by Crippen LogP contribution is -2.50. The Hall–Kier alpha value is -2.60. The average molecular weight is 445 g/mol. The van der Waals surface area contributed by atoms with Gasteiger partial charge in [-0.25, -0.2) is 9.37 Å². The summed E-state index contributed by atoms with van der Waals surface area (Å²) in [4.78, 5) is 20.7. The minimum absolute atomic E-state index is 0.0594. The second kappa shape index (κ2) is 8.50. The third-order valence-electron chi connectivity index (χ3n) is 5.44. The van der Waals surface area contributed by atoms with Crippen molar-refractivity contribution in [1.29, 1.82) is 0 Å². The summed E-state index contributed by atoms with van der Waals surface area (Å²) in [5.41, 5.74) is 6.59. The van der Waals surface area contributed by atoms with Crippen LogP contribution in [0.2, 0.25) is 0 Å². The van der Waals surface area contributed by atoms with Gasteiger partial charge in [-0.1, -0.05) is 0 Å². The number of imidazole rings is 1. The van der Waals surface area contributed by atoms with E-state index in [1.54, 1.807) is 14.4 Å². The highest BCUT2D eigenvalue weighted by Gasteiger charge is 2.32. The number of aromatic nitrogens is 2. The molecule has 1 amide bonds. The first kappa shape index (κ1) is 21.6. The van der Waals surface area contributed by atoms with Crippen LogP contribution in [0.4, 0.5) is 23.5 Å². The Morgan fingerprint density at radius 1 is 1.26 bits per heavy atom. The van der Waals surface area contributed by atoms with Crippen molar-refractivity contribution in [3.63, 3.8) is 0 Å². The Labute approximate surface area is 175 Å². The molecule has 0 aliphatic carbocycles. The second-order valence-corrected chi connectivity index (χ2v) is 7.60. The maximum Gasteiger partial charge on any atom is 0.573 e. The summed E-state index contributed by atoms with van der Waals surface area (Å²) in [7, 11) is 0. The summed E-state index contributed by atoms with van der Waals surface area (Å²) in [6, 6.07) is 3.06. The molecule has 2 atom stereocenters. The van der Waals surface area contributed by atoms with Gasteiger partial charge >= 0.3 is 6.36 Å². The number of ether oxygens (including phenoxy) is 2. The van der Waals surface area contributed by atoms with Crippen LogP contribution in [0.5, 0.6) is 5.75 Å². The molecule has 4 rings (SSSR count). The number of anilines is 1. The normalized spacial score (nSPS) is 22.7. The van der Waals surface area contributed by atoms with Gasteiger partial charge in [-0.05, 0) is 18.6 Å². The largest absolute Gasteiger partial charge is 0.573 e. The van der Waals surface area contributed by atoms with E-state index in [0.29, 0.717) is 44.3 Å². The molecule has 1 aromatic heterocycles. The zero-order valence-electron chi connectivity index (χ0n) is 16.6. The van der Waals surface area contributed by atoms with Crippen molar-refractivity contribution in [3.05, 3.63) is 18.2 Å². The average Bonchev–Trinajstić information content (AvgIpc) is 3.07. The number of hydrogen-bond donors (Lipinski definition) is 1. The van der Waals surface area contributed by atoms with Crippen LogP contribution in [0, 0.1) is 0 Å². The maximum absolute atomic E-state index is 13.9. The summed E-state index contributed by atoms with van der Waals surface area (Å²) in [6.45, 7) is 2.26. The number of alkyl halides is 4. The van der Waals surface area contributed by atoms with Crippen molar-refractivity contribution < 1.29 is 31.8 Å². The number of halogens is 4. The third kappa shape index (κ3) is 4.85. The fourth-order valence-electron chi connectivity index (χ4n) is 3.87. The summed E-state index contributed by atoms with van der Waals surface area (Å²) in [5.74, 6) is -0.206. The SMILES string of the molecule is N[C@@H]1CN(c2nc3cc(OC(F)(F)F)ccc3n2CC(=O)N2CCOCC2)CC[C@H]1F. The van der Waals surface area contributed by atoms with E-state index < -0.39 is 24.3 Å². The van der Waals surface area contributed by atoms with Crippen molar-refractivity contribution in [2.75, 3.05) is 44.3 Å². The number of piperidine rings is 1. The molecule has 0 saturated carbocycles. The van der Waals surface area contributed by atoms with E-state index in [1.807, 2.05) is 0 Å². The number of amides is 1. The number of hydrogen-bond acceptors (Lipinski definition) is 6. The maximum atomic E-state index is 13.9. The van der Waals surface area contributed by atoms with E-state index in [4.69, 9.17) is 10.5 Å². The summed E-state index contributed by atoms with van der Waals surface area (Å²) < 4.78 is 62.6. The van der Waals surface area contributed by atoms with Gasteiger partial charge in [0.25, 0.3) is 0 Å². The van der Waals surface area contributed by atoms with E-state index in [-0.39, 0.29) is 30.9 Å². The molecule has 3 heterocycles. The Morgan fingerprint density at radius 3 is 2.68 bits per heavy atom. The Bertz CT molecular complexity index is 945. The summed E-state index contributed by atoms with van der Waals surface area (Å²) in [5, 5.41) is 0. The van der Waals surface area contributed by atoms with Gasteiger partial charge in [0.1, 0.15) is 18.5 Å². The fraction of sp³-hybridized carbons (Fsp3) is 0.579. The Kier molecular flexibility index (Phi) is 5.93. The second-order valence-electron chi connectivity index (χ2n) is 7.60. The molecule has 2 saturated heterocycles. The molecule has 0 spiro atoms. The van der Waals surface area contributed by atoms with Crippen molar-refractivity contribution in [3.8, 4) is 5.75 Å². The van der Waals surface area contributed by atoms with Crippen LogP contribution < -0.4 is 15.4 Å². The number of nitrogens with two attached hydrogens (primary N) is 1. The van der Waals surface area contributed by atoms with Crippen LogP contribution in [0.3, 0.4) is 0 Å². The molecule has 2 aromatic rings. The monoisotopic (exact) mass is 445 g/mol. The molecule has 12 heteroatoms. The molecule has 2 N–H and O–H groups in total. The minimum atomic E-state index is -4.83. The van der Waals surface area contributed by atoms with E-state index in [9.17, 15) is 22.4 Å². The lowest BCUT2D eigenvalue weighted by Gasteiger charge is -2.34. The Balaban J connectivity index is 1.68. The quantitative estimate of drug-likeness (QED) is 0.721. The van der Waals surface area contributed by atoms with Gasteiger partial charge in [0.05, 0.1) is 30.3 Å². The molecule has 0 radical (unpaired) electrons. The molecule has 8 nitrogen and oxygen atoms in total. The zero-order valence-corrected chi connectivity index (χ0v) is 16.6. The molecular weight excluding hydrogens is 422 g/mol. The lowest BCUT2D eigenvalue weighted by atomic mass is 10.1. The van der Waals surface area contributed by atoms with Crippen LogP contribution in [0.1, 0.15) is 6.42 Å². The van der Waals surface area contributed by atoms with Crippen LogP contribution >= 0.6 is 0 Å². The van der Waals surface area contributed by atoms with Crippen molar-refractivity contribution in [2.24, 2.45) is 5.73 Å².